The van der Waals surface area contributed by atoms with Gasteiger partial charge in [-0.2, -0.15) is 0 Å². The van der Waals surface area contributed by atoms with Crippen LogP contribution in [0.4, 0.5) is 0 Å². The molecule has 0 radical (unpaired) electrons. The van der Waals surface area contributed by atoms with Crippen molar-refractivity contribution in [3.05, 3.63) is 30.4 Å². The summed E-state index contributed by atoms with van der Waals surface area (Å²) in [5, 5.41) is 9.17. The molecule has 2 aromatic heterocycles. The molecular formula is C12H14N4O3. The molecule has 0 bridgehead atoms. The quantitative estimate of drug-likeness (QED) is 0.839. The molecule has 1 aliphatic heterocycles. The fourth-order valence-electron chi connectivity index (χ4n) is 2.22. The first kappa shape index (κ1) is 12.1. The highest BCUT2D eigenvalue weighted by atomic mass is 16.5. The average molecular weight is 262 g/mol. The topological polar surface area (TPSA) is 80.0 Å². The Balaban J connectivity index is 1.80. The number of hydrogen-bond donors (Lipinski definition) is 1. The molecule has 0 amide bonds. The van der Waals surface area contributed by atoms with Gasteiger partial charge in [-0.15, -0.1) is 0 Å². The van der Waals surface area contributed by atoms with E-state index in [1.807, 2.05) is 27.8 Å². The van der Waals surface area contributed by atoms with E-state index < -0.39 is 12.0 Å². The molecule has 1 N–H and O–H groups in total. The number of ether oxygens (including phenoxy) is 1. The third-order valence-electron chi connectivity index (χ3n) is 3.17. The highest BCUT2D eigenvalue weighted by Crippen LogP contribution is 2.12. The average Bonchev–Trinajstić information content (AvgIpc) is 2.81. The lowest BCUT2D eigenvalue weighted by molar-refractivity contribution is -0.150. The Labute approximate surface area is 109 Å². The molecule has 1 saturated heterocycles. The van der Waals surface area contributed by atoms with Crippen molar-refractivity contribution >= 4 is 11.7 Å². The van der Waals surface area contributed by atoms with Crippen LogP contribution in [0.5, 0.6) is 0 Å². The normalized spacial score (nSPS) is 20.7. The Kier molecular flexibility index (Phi) is 3.14. The van der Waals surface area contributed by atoms with Gasteiger partial charge in [0.1, 0.15) is 6.04 Å². The van der Waals surface area contributed by atoms with E-state index in [2.05, 4.69) is 9.97 Å². The fourth-order valence-corrected chi connectivity index (χ4v) is 2.22. The van der Waals surface area contributed by atoms with Gasteiger partial charge in [0.2, 0.25) is 5.78 Å². The summed E-state index contributed by atoms with van der Waals surface area (Å²) in [6.45, 7) is 1.86. The van der Waals surface area contributed by atoms with Gasteiger partial charge in [0.15, 0.2) is 0 Å². The van der Waals surface area contributed by atoms with Gasteiger partial charge < -0.3 is 9.84 Å². The van der Waals surface area contributed by atoms with Crippen LogP contribution >= 0.6 is 0 Å². The number of carboxylic acid groups (broad SMARTS) is 1. The molecule has 1 unspecified atom stereocenters. The second kappa shape index (κ2) is 4.94. The Morgan fingerprint density at radius 1 is 1.58 bits per heavy atom. The number of carboxylic acids is 1. The smallest absolute Gasteiger partial charge is 0.323 e. The van der Waals surface area contributed by atoms with E-state index in [4.69, 9.17) is 9.84 Å². The zero-order valence-corrected chi connectivity index (χ0v) is 10.3. The van der Waals surface area contributed by atoms with Crippen molar-refractivity contribution in [3.8, 4) is 0 Å². The summed E-state index contributed by atoms with van der Waals surface area (Å²) in [6.07, 6.45) is 5.42. The van der Waals surface area contributed by atoms with Crippen LogP contribution in [0.25, 0.3) is 5.78 Å². The highest BCUT2D eigenvalue weighted by molar-refractivity contribution is 5.73. The Morgan fingerprint density at radius 2 is 2.47 bits per heavy atom. The first-order valence-corrected chi connectivity index (χ1v) is 6.07. The van der Waals surface area contributed by atoms with Crippen molar-refractivity contribution in [1.29, 1.82) is 0 Å². The maximum atomic E-state index is 11.2. The van der Waals surface area contributed by atoms with Gasteiger partial charge in [-0.1, -0.05) is 0 Å². The summed E-state index contributed by atoms with van der Waals surface area (Å²) in [5.74, 6) is -0.237. The standard InChI is InChI=1S/C12H14N4O3/c17-11(18)10-8-19-5-4-15(10)6-9-7-16-3-1-2-13-12(16)14-9/h1-3,7,10H,4-6,8H2,(H,17,18). The fraction of sp³-hybridized carbons (Fsp3) is 0.417. The lowest BCUT2D eigenvalue weighted by atomic mass is 10.2. The molecule has 3 heterocycles. The van der Waals surface area contributed by atoms with Crippen molar-refractivity contribution in [2.75, 3.05) is 19.8 Å². The molecule has 7 heteroatoms. The molecule has 0 aliphatic carbocycles. The number of aliphatic carboxylic acids is 1. The van der Waals surface area contributed by atoms with Gasteiger partial charge in [-0.25, -0.2) is 9.97 Å². The third-order valence-corrected chi connectivity index (χ3v) is 3.17. The maximum absolute atomic E-state index is 11.2. The molecule has 3 rings (SSSR count). The molecule has 0 saturated carbocycles. The zero-order chi connectivity index (χ0) is 13.2. The van der Waals surface area contributed by atoms with Gasteiger partial charge in [0.05, 0.1) is 18.9 Å². The summed E-state index contributed by atoms with van der Waals surface area (Å²) < 4.78 is 7.03. The first-order chi connectivity index (χ1) is 9.24. The van der Waals surface area contributed by atoms with Crippen LogP contribution in [-0.2, 0) is 16.1 Å². The number of carbonyl (C=O) groups is 1. The third kappa shape index (κ3) is 2.42. The Bertz CT molecular complexity index is 564. The van der Waals surface area contributed by atoms with Gasteiger partial charge in [-0.05, 0) is 6.07 Å². The van der Waals surface area contributed by atoms with E-state index in [-0.39, 0.29) is 6.61 Å². The number of imidazole rings is 1. The molecule has 1 atom stereocenters. The largest absolute Gasteiger partial charge is 0.480 e. The van der Waals surface area contributed by atoms with E-state index >= 15 is 0 Å². The highest BCUT2D eigenvalue weighted by Gasteiger charge is 2.29. The predicted molar refractivity (Wildman–Crippen MR) is 65.6 cm³/mol. The molecule has 7 nitrogen and oxygen atoms in total. The number of hydrogen-bond acceptors (Lipinski definition) is 5. The van der Waals surface area contributed by atoms with Crippen LogP contribution in [0.15, 0.2) is 24.7 Å². The summed E-state index contributed by atoms with van der Waals surface area (Å²) in [6, 6.07) is 1.22. The van der Waals surface area contributed by atoms with Crippen LogP contribution < -0.4 is 0 Å². The van der Waals surface area contributed by atoms with Crippen LogP contribution in [0.3, 0.4) is 0 Å². The molecule has 1 aliphatic rings. The van der Waals surface area contributed by atoms with Gasteiger partial charge >= 0.3 is 5.97 Å². The molecule has 1 fully saturated rings. The lowest BCUT2D eigenvalue weighted by Gasteiger charge is -2.32. The van der Waals surface area contributed by atoms with Crippen LogP contribution in [0.2, 0.25) is 0 Å². The Morgan fingerprint density at radius 3 is 3.26 bits per heavy atom. The molecule has 0 aromatic carbocycles. The molecule has 100 valence electrons. The number of morpholine rings is 1. The van der Waals surface area contributed by atoms with E-state index in [9.17, 15) is 4.79 Å². The summed E-state index contributed by atoms with van der Waals surface area (Å²) >= 11 is 0. The molecule has 19 heavy (non-hydrogen) atoms. The van der Waals surface area contributed by atoms with Crippen LogP contribution in [0.1, 0.15) is 5.69 Å². The van der Waals surface area contributed by atoms with Gasteiger partial charge in [-0.3, -0.25) is 14.1 Å². The second-order valence-corrected chi connectivity index (χ2v) is 4.46. The molecule has 0 spiro atoms. The predicted octanol–water partition coefficient (Wildman–Crippen LogP) is 0.0147. The van der Waals surface area contributed by atoms with Crippen molar-refractivity contribution in [3.63, 3.8) is 0 Å². The Hall–Kier alpha value is -1.99. The summed E-state index contributed by atoms with van der Waals surface area (Å²) in [7, 11) is 0. The van der Waals surface area contributed by atoms with Gasteiger partial charge in [0, 0.05) is 31.7 Å². The second-order valence-electron chi connectivity index (χ2n) is 4.46. The summed E-state index contributed by atoms with van der Waals surface area (Å²) in [4.78, 5) is 21.6. The number of nitrogens with zero attached hydrogens (tertiary/aromatic N) is 4. The minimum absolute atomic E-state index is 0.223. The SMILES string of the molecule is O=C(O)C1COCCN1Cc1cn2cccnc2n1. The lowest BCUT2D eigenvalue weighted by Crippen LogP contribution is -2.49. The van der Waals surface area contributed by atoms with Crippen LogP contribution in [-0.4, -0.2) is 56.1 Å². The maximum Gasteiger partial charge on any atom is 0.323 e. The minimum atomic E-state index is -0.860. The van der Waals surface area contributed by atoms with E-state index in [0.717, 1.165) is 5.69 Å². The van der Waals surface area contributed by atoms with Crippen molar-refractivity contribution in [2.24, 2.45) is 0 Å². The van der Waals surface area contributed by atoms with E-state index in [0.29, 0.717) is 25.5 Å². The molecule has 2 aromatic rings. The van der Waals surface area contributed by atoms with E-state index in [1.54, 1.807) is 6.20 Å². The van der Waals surface area contributed by atoms with Crippen molar-refractivity contribution in [1.82, 2.24) is 19.3 Å². The monoisotopic (exact) mass is 262 g/mol. The summed E-state index contributed by atoms with van der Waals surface area (Å²) in [5.41, 5.74) is 0.812. The van der Waals surface area contributed by atoms with E-state index in [1.165, 1.54) is 0 Å². The number of aromatic nitrogens is 3. The van der Waals surface area contributed by atoms with Crippen LogP contribution in [0, 0.1) is 0 Å². The van der Waals surface area contributed by atoms with Crippen molar-refractivity contribution in [2.45, 2.75) is 12.6 Å². The first-order valence-electron chi connectivity index (χ1n) is 6.07. The molecular weight excluding hydrogens is 248 g/mol. The number of fused-ring (bicyclic) bond motifs is 1. The van der Waals surface area contributed by atoms with Gasteiger partial charge in [0.25, 0.3) is 0 Å². The zero-order valence-electron chi connectivity index (χ0n) is 10.3. The van der Waals surface area contributed by atoms with Crippen molar-refractivity contribution < 1.29 is 14.6 Å². The number of rotatable bonds is 3. The minimum Gasteiger partial charge on any atom is -0.480 e.